The van der Waals surface area contributed by atoms with Crippen LogP contribution in [-0.2, 0) is 4.79 Å². The van der Waals surface area contributed by atoms with Crippen LogP contribution in [0.2, 0.25) is 0 Å². The molecule has 1 N–H and O–H groups in total. The fraction of sp³-hybridized carbons (Fsp3) is 0.750. The summed E-state index contributed by atoms with van der Waals surface area (Å²) < 4.78 is 0. The topological polar surface area (TPSA) is 52.9 Å². The lowest BCUT2D eigenvalue weighted by molar-refractivity contribution is -0.122. The van der Waals surface area contributed by atoms with Crippen molar-refractivity contribution in [1.82, 2.24) is 5.32 Å². The number of nitriles is 1. The van der Waals surface area contributed by atoms with Crippen LogP contribution in [-0.4, -0.2) is 18.9 Å². The molecule has 1 fully saturated rings. The van der Waals surface area contributed by atoms with Gasteiger partial charge in [0.25, 0.3) is 0 Å². The zero-order valence-corrected chi connectivity index (χ0v) is 6.47. The first kappa shape index (κ1) is 8.22. The molecule has 0 spiro atoms. The van der Waals surface area contributed by atoms with Crippen LogP contribution in [0.5, 0.6) is 0 Å². The minimum Gasteiger partial charge on any atom is -0.317 e. The van der Waals surface area contributed by atoms with E-state index in [0.29, 0.717) is 0 Å². The van der Waals surface area contributed by atoms with Gasteiger partial charge in [-0.3, -0.25) is 4.79 Å². The van der Waals surface area contributed by atoms with E-state index in [-0.39, 0.29) is 18.1 Å². The van der Waals surface area contributed by atoms with E-state index in [1.165, 1.54) is 0 Å². The summed E-state index contributed by atoms with van der Waals surface area (Å²) >= 11 is 0. The summed E-state index contributed by atoms with van der Waals surface area (Å²) in [6, 6.07) is 1.89. The highest BCUT2D eigenvalue weighted by Gasteiger charge is 2.19. The second kappa shape index (κ2) is 4.09. The predicted molar refractivity (Wildman–Crippen MR) is 40.8 cm³/mol. The molecule has 0 radical (unpaired) electrons. The maximum absolute atomic E-state index is 11.1. The Morgan fingerprint density at radius 3 is 2.73 bits per heavy atom. The highest BCUT2D eigenvalue weighted by Crippen LogP contribution is 2.13. The Bertz CT molecular complexity index is 177. The van der Waals surface area contributed by atoms with Crippen molar-refractivity contribution >= 4 is 5.78 Å². The number of nitrogens with one attached hydrogen (secondary N) is 1. The first-order valence-electron chi connectivity index (χ1n) is 3.95. The monoisotopic (exact) mass is 152 g/mol. The largest absolute Gasteiger partial charge is 0.317 e. The van der Waals surface area contributed by atoms with Gasteiger partial charge in [0.05, 0.1) is 12.5 Å². The molecule has 1 aliphatic heterocycles. The Balaban J connectivity index is 2.34. The number of carbonyl (C=O) groups excluding carboxylic acids is 1. The number of Topliss-reactive ketones (excluding diaryl/α,β-unsaturated/α-hetero) is 1. The summed E-state index contributed by atoms with van der Waals surface area (Å²) in [4.78, 5) is 11.1. The normalized spacial score (nSPS) is 19.2. The molecule has 0 bridgehead atoms. The average Bonchev–Trinajstić information content (AvgIpc) is 2.07. The molecule has 0 amide bonds. The van der Waals surface area contributed by atoms with E-state index in [1.807, 2.05) is 6.07 Å². The number of hydrogen-bond acceptors (Lipinski definition) is 3. The standard InChI is InChI=1S/C8H12N2O/c9-4-1-8(11)7-2-5-10-6-3-7/h7,10H,1-3,5-6H2. The molecule has 0 saturated carbocycles. The van der Waals surface area contributed by atoms with Crippen LogP contribution in [0.25, 0.3) is 0 Å². The first-order valence-corrected chi connectivity index (χ1v) is 3.95. The Labute approximate surface area is 66.4 Å². The van der Waals surface area contributed by atoms with E-state index < -0.39 is 0 Å². The van der Waals surface area contributed by atoms with Gasteiger partial charge in [0.15, 0.2) is 0 Å². The highest BCUT2D eigenvalue weighted by atomic mass is 16.1. The summed E-state index contributed by atoms with van der Waals surface area (Å²) in [5.74, 6) is 0.268. The van der Waals surface area contributed by atoms with Gasteiger partial charge in [0.2, 0.25) is 0 Å². The lowest BCUT2D eigenvalue weighted by atomic mass is 9.92. The van der Waals surface area contributed by atoms with Gasteiger partial charge in [-0.15, -0.1) is 0 Å². The lowest BCUT2D eigenvalue weighted by Crippen LogP contribution is -2.31. The molecule has 1 saturated heterocycles. The van der Waals surface area contributed by atoms with Gasteiger partial charge in [-0.2, -0.15) is 5.26 Å². The van der Waals surface area contributed by atoms with Gasteiger partial charge in [-0.1, -0.05) is 0 Å². The Morgan fingerprint density at radius 2 is 2.18 bits per heavy atom. The number of carbonyl (C=O) groups is 1. The SMILES string of the molecule is N#CCC(=O)C1CCNCC1. The first-order chi connectivity index (χ1) is 5.34. The van der Waals surface area contributed by atoms with Crippen LogP contribution >= 0.6 is 0 Å². The van der Waals surface area contributed by atoms with E-state index >= 15 is 0 Å². The van der Waals surface area contributed by atoms with E-state index in [1.54, 1.807) is 0 Å². The van der Waals surface area contributed by atoms with Gasteiger partial charge in [-0.25, -0.2) is 0 Å². The Morgan fingerprint density at radius 1 is 1.55 bits per heavy atom. The van der Waals surface area contributed by atoms with Gasteiger partial charge in [0, 0.05) is 5.92 Å². The maximum Gasteiger partial charge on any atom is 0.150 e. The minimum atomic E-state index is 0.0880. The number of nitrogens with zero attached hydrogens (tertiary/aromatic N) is 1. The molecule has 1 rings (SSSR count). The minimum absolute atomic E-state index is 0.0880. The molecule has 0 unspecified atom stereocenters. The van der Waals surface area contributed by atoms with Crippen LogP contribution < -0.4 is 5.32 Å². The van der Waals surface area contributed by atoms with Crippen molar-refractivity contribution in [2.75, 3.05) is 13.1 Å². The number of hydrogen-bond donors (Lipinski definition) is 1. The molecule has 1 heterocycles. The summed E-state index contributed by atoms with van der Waals surface area (Å²) in [6.07, 6.45) is 1.89. The summed E-state index contributed by atoms with van der Waals surface area (Å²) in [6.45, 7) is 1.84. The van der Waals surface area contributed by atoms with Gasteiger partial charge >= 0.3 is 0 Å². The molecule has 11 heavy (non-hydrogen) atoms. The molecule has 0 aromatic heterocycles. The van der Waals surface area contributed by atoms with E-state index in [9.17, 15) is 4.79 Å². The van der Waals surface area contributed by atoms with E-state index in [2.05, 4.69) is 5.32 Å². The molecule has 1 aliphatic rings. The average molecular weight is 152 g/mol. The third kappa shape index (κ3) is 2.32. The van der Waals surface area contributed by atoms with Crippen molar-refractivity contribution in [3.05, 3.63) is 0 Å². The third-order valence-corrected chi connectivity index (χ3v) is 2.05. The number of rotatable bonds is 2. The van der Waals surface area contributed by atoms with E-state index in [0.717, 1.165) is 25.9 Å². The predicted octanol–water partition coefficient (Wildman–Crippen LogP) is 0.469. The maximum atomic E-state index is 11.1. The molecule has 60 valence electrons. The van der Waals surface area contributed by atoms with Crippen LogP contribution in [0.3, 0.4) is 0 Å². The molecule has 3 heteroatoms. The lowest BCUT2D eigenvalue weighted by Gasteiger charge is -2.19. The highest BCUT2D eigenvalue weighted by molar-refractivity contribution is 5.82. The van der Waals surface area contributed by atoms with Crippen molar-refractivity contribution < 1.29 is 4.79 Å². The summed E-state index contributed by atoms with van der Waals surface area (Å²) in [5.41, 5.74) is 0. The van der Waals surface area contributed by atoms with Crippen LogP contribution in [0.1, 0.15) is 19.3 Å². The van der Waals surface area contributed by atoms with Crippen LogP contribution in [0, 0.1) is 17.2 Å². The van der Waals surface area contributed by atoms with Crippen LogP contribution in [0.15, 0.2) is 0 Å². The fourth-order valence-electron chi connectivity index (χ4n) is 1.37. The van der Waals surface area contributed by atoms with Crippen molar-refractivity contribution in [2.45, 2.75) is 19.3 Å². The van der Waals surface area contributed by atoms with Gasteiger partial charge < -0.3 is 5.32 Å². The van der Waals surface area contributed by atoms with Gasteiger partial charge in [0.1, 0.15) is 5.78 Å². The van der Waals surface area contributed by atoms with Crippen molar-refractivity contribution in [3.8, 4) is 6.07 Å². The zero-order valence-electron chi connectivity index (χ0n) is 6.47. The third-order valence-electron chi connectivity index (χ3n) is 2.05. The molecule has 3 nitrogen and oxygen atoms in total. The number of piperidine rings is 1. The molecular weight excluding hydrogens is 140 g/mol. The molecular formula is C8H12N2O. The van der Waals surface area contributed by atoms with E-state index in [4.69, 9.17) is 5.26 Å². The second-order valence-electron chi connectivity index (χ2n) is 2.83. The van der Waals surface area contributed by atoms with Crippen LogP contribution in [0.4, 0.5) is 0 Å². The smallest absolute Gasteiger partial charge is 0.150 e. The van der Waals surface area contributed by atoms with Gasteiger partial charge in [-0.05, 0) is 25.9 Å². The zero-order chi connectivity index (χ0) is 8.10. The quantitative estimate of drug-likeness (QED) is 0.625. The van der Waals surface area contributed by atoms with Crippen molar-refractivity contribution in [1.29, 1.82) is 5.26 Å². The molecule has 0 aliphatic carbocycles. The van der Waals surface area contributed by atoms with Crippen molar-refractivity contribution in [2.24, 2.45) is 5.92 Å². The Hall–Kier alpha value is -0.880. The van der Waals surface area contributed by atoms with Crippen molar-refractivity contribution in [3.63, 3.8) is 0 Å². The molecule has 0 atom stereocenters. The molecule has 0 aromatic rings. The molecule has 0 aromatic carbocycles. The second-order valence-corrected chi connectivity index (χ2v) is 2.83. The summed E-state index contributed by atoms with van der Waals surface area (Å²) in [7, 11) is 0. The number of ketones is 1. The summed E-state index contributed by atoms with van der Waals surface area (Å²) in [5, 5.41) is 11.5. The Kier molecular flexibility index (Phi) is 3.06. The fourth-order valence-corrected chi connectivity index (χ4v) is 1.37.